The van der Waals surface area contributed by atoms with Crippen molar-refractivity contribution >= 4 is 53.4 Å². The Kier molecular flexibility index (Phi) is 20.3. The molecule has 0 saturated heterocycles. The van der Waals surface area contributed by atoms with Crippen molar-refractivity contribution in [2.75, 3.05) is 40.3 Å². The maximum Gasteiger partial charge on any atom is 0.410 e. The lowest BCUT2D eigenvalue weighted by atomic mass is 9.76. The first-order valence-corrected chi connectivity index (χ1v) is 22.2. The number of ether oxygens (including phenoxy) is 2. The van der Waals surface area contributed by atoms with Crippen molar-refractivity contribution in [3.05, 3.63) is 59.7 Å². The molecule has 1 aromatic rings. The molecule has 1 aromatic carbocycles. The molecular formula is C48H73N7O11. The van der Waals surface area contributed by atoms with Crippen LogP contribution in [0.3, 0.4) is 0 Å². The molecular weight excluding hydrogens is 851 g/mol. The SMILES string of the molecule is C/C(=C\CN(C)C(=O)C(NC(=O)[C@@H](N(C)C(=O)OC(C)(C)C)C(C)(C)c1ccccc1)C(C)(C)C)C(=O)N[C@H](CCC(=O)NCCCC(=O)NCCN1C(=O)C=CC1=O)C(=O)OC(C)(C)C. The molecule has 8 amide bonds. The molecule has 2 rings (SSSR count). The van der Waals surface area contributed by atoms with Crippen molar-refractivity contribution in [2.45, 2.75) is 144 Å². The first kappa shape index (κ1) is 56.1. The molecule has 0 aliphatic carbocycles. The van der Waals surface area contributed by atoms with Gasteiger partial charge in [-0.3, -0.25) is 43.4 Å². The maximum atomic E-state index is 14.4. The third-order valence-corrected chi connectivity index (χ3v) is 10.4. The fraction of sp³-hybridized carbons (Fsp3) is 0.604. The first-order valence-electron chi connectivity index (χ1n) is 22.2. The van der Waals surface area contributed by atoms with Gasteiger partial charge in [0.25, 0.3) is 11.8 Å². The van der Waals surface area contributed by atoms with Crippen LogP contribution >= 0.6 is 0 Å². The average Bonchev–Trinajstić information content (AvgIpc) is 3.52. The summed E-state index contributed by atoms with van der Waals surface area (Å²) < 4.78 is 11.2. The van der Waals surface area contributed by atoms with Crippen molar-refractivity contribution in [3.8, 4) is 0 Å². The van der Waals surface area contributed by atoms with Crippen LogP contribution in [0.25, 0.3) is 0 Å². The highest BCUT2D eigenvalue weighted by Gasteiger charge is 2.45. The van der Waals surface area contributed by atoms with Crippen LogP contribution in [0.2, 0.25) is 0 Å². The molecule has 18 heteroatoms. The molecule has 1 aliphatic heterocycles. The molecule has 0 aromatic heterocycles. The van der Waals surface area contributed by atoms with Gasteiger partial charge >= 0.3 is 12.1 Å². The monoisotopic (exact) mass is 924 g/mol. The van der Waals surface area contributed by atoms with Crippen molar-refractivity contribution in [1.29, 1.82) is 0 Å². The lowest BCUT2D eigenvalue weighted by Gasteiger charge is -2.42. The van der Waals surface area contributed by atoms with Crippen molar-refractivity contribution < 1.29 is 52.6 Å². The van der Waals surface area contributed by atoms with Crippen molar-refractivity contribution in [1.82, 2.24) is 36.0 Å². The topological polar surface area (TPSA) is 230 Å². The smallest absolute Gasteiger partial charge is 0.410 e. The van der Waals surface area contributed by atoms with Gasteiger partial charge in [-0.05, 0) is 72.3 Å². The van der Waals surface area contributed by atoms with Crippen LogP contribution in [0.5, 0.6) is 0 Å². The predicted octanol–water partition coefficient (Wildman–Crippen LogP) is 3.68. The standard InChI is InChI=1S/C48H73N7O11/c1-31(40(60)51-33(43(63)65-46(5,6)7)22-23-35(57)49-27-18-21-34(56)50-28-30-55-36(58)24-25-37(55)59)26-29-53(13)42(62)38(45(2,3)4)52-41(61)39(54(14)44(64)66-47(8,9)10)48(11,12)32-19-16-15-17-20-32/h15-17,19-20,24-26,33,38-39H,18,21-23,27-30H2,1-14H3,(H,49,57)(H,50,56)(H,51,60)(H,52,61)/b31-26+/t33-,38?,39-/m1/s1. The molecule has 0 fully saturated rings. The Morgan fingerprint density at radius 3 is 1.83 bits per heavy atom. The van der Waals surface area contributed by atoms with Crippen LogP contribution in [0.15, 0.2) is 54.1 Å². The van der Waals surface area contributed by atoms with E-state index >= 15 is 0 Å². The second kappa shape index (κ2) is 23.9. The van der Waals surface area contributed by atoms with Gasteiger partial charge in [0, 0.05) is 76.3 Å². The molecule has 1 heterocycles. The zero-order valence-electron chi connectivity index (χ0n) is 41.3. The molecule has 366 valence electrons. The summed E-state index contributed by atoms with van der Waals surface area (Å²) >= 11 is 0. The van der Waals surface area contributed by atoms with E-state index in [0.717, 1.165) is 22.6 Å². The number of carbonyl (C=O) groups is 9. The van der Waals surface area contributed by atoms with Gasteiger partial charge in [-0.25, -0.2) is 9.59 Å². The van der Waals surface area contributed by atoms with Gasteiger partial charge in [-0.1, -0.05) is 71.0 Å². The average molecular weight is 924 g/mol. The number of rotatable bonds is 21. The van der Waals surface area contributed by atoms with Gasteiger partial charge in [-0.2, -0.15) is 0 Å². The predicted molar refractivity (Wildman–Crippen MR) is 248 cm³/mol. The summed E-state index contributed by atoms with van der Waals surface area (Å²) in [5.74, 6) is -4.03. The molecule has 0 saturated carbocycles. The largest absolute Gasteiger partial charge is 0.458 e. The zero-order valence-corrected chi connectivity index (χ0v) is 41.3. The molecule has 3 atom stereocenters. The van der Waals surface area contributed by atoms with E-state index in [2.05, 4.69) is 21.3 Å². The van der Waals surface area contributed by atoms with Crippen molar-refractivity contribution in [3.63, 3.8) is 0 Å². The minimum atomic E-state index is -1.20. The van der Waals surface area contributed by atoms with Gasteiger partial charge < -0.3 is 35.6 Å². The minimum Gasteiger partial charge on any atom is -0.458 e. The number of esters is 1. The highest BCUT2D eigenvalue weighted by Crippen LogP contribution is 2.32. The van der Waals surface area contributed by atoms with Gasteiger partial charge in [0.2, 0.25) is 29.5 Å². The third-order valence-electron chi connectivity index (χ3n) is 10.4. The number of carbonyl (C=O) groups excluding carboxylic acids is 9. The maximum absolute atomic E-state index is 14.4. The number of benzene rings is 1. The van der Waals surface area contributed by atoms with E-state index in [1.165, 1.54) is 36.9 Å². The molecule has 18 nitrogen and oxygen atoms in total. The van der Waals surface area contributed by atoms with Crippen LogP contribution in [-0.2, 0) is 53.2 Å². The second-order valence-electron chi connectivity index (χ2n) is 20.1. The van der Waals surface area contributed by atoms with E-state index in [1.54, 1.807) is 62.3 Å². The summed E-state index contributed by atoms with van der Waals surface area (Å²) in [6, 6.07) is 5.89. The number of hydrogen-bond donors (Lipinski definition) is 4. The number of nitrogens with one attached hydrogen (secondary N) is 4. The van der Waals surface area contributed by atoms with E-state index in [4.69, 9.17) is 9.47 Å². The number of likely N-dealkylation sites (N-methyl/N-ethyl adjacent to an activating group) is 2. The van der Waals surface area contributed by atoms with E-state index in [0.29, 0.717) is 6.42 Å². The Balaban J connectivity index is 2.12. The first-order chi connectivity index (χ1) is 30.3. The summed E-state index contributed by atoms with van der Waals surface area (Å²) in [5, 5.41) is 10.9. The summed E-state index contributed by atoms with van der Waals surface area (Å²) in [4.78, 5) is 121. The number of hydrogen-bond acceptors (Lipinski definition) is 11. The molecule has 0 radical (unpaired) electrons. The fourth-order valence-electron chi connectivity index (χ4n) is 6.78. The lowest BCUT2D eigenvalue weighted by molar-refractivity contribution is -0.158. The normalized spacial score (nSPS) is 14.7. The van der Waals surface area contributed by atoms with Crippen molar-refractivity contribution in [2.24, 2.45) is 5.41 Å². The summed E-state index contributed by atoms with van der Waals surface area (Å²) in [6.07, 6.45) is 3.25. The molecule has 0 bridgehead atoms. The molecule has 4 N–H and O–H groups in total. The highest BCUT2D eigenvalue weighted by molar-refractivity contribution is 6.12. The van der Waals surface area contributed by atoms with E-state index < -0.39 is 87.7 Å². The van der Waals surface area contributed by atoms with E-state index in [-0.39, 0.29) is 56.9 Å². The van der Waals surface area contributed by atoms with Crippen LogP contribution < -0.4 is 21.3 Å². The van der Waals surface area contributed by atoms with Gasteiger partial charge in [0.1, 0.15) is 29.3 Å². The molecule has 0 spiro atoms. The Labute approximate surface area is 390 Å². The van der Waals surface area contributed by atoms with Gasteiger partial charge in [0.15, 0.2) is 0 Å². The van der Waals surface area contributed by atoms with Crippen LogP contribution in [-0.4, -0.2) is 138 Å². The Hall–Kier alpha value is -6.07. The highest BCUT2D eigenvalue weighted by atomic mass is 16.6. The van der Waals surface area contributed by atoms with Gasteiger partial charge in [0.05, 0.1) is 0 Å². The number of imide groups is 1. The molecule has 1 aliphatic rings. The fourth-order valence-corrected chi connectivity index (χ4v) is 6.78. The quantitative estimate of drug-likeness (QED) is 0.0602. The Bertz CT molecular complexity index is 1970. The lowest BCUT2D eigenvalue weighted by Crippen LogP contribution is -2.62. The molecule has 66 heavy (non-hydrogen) atoms. The summed E-state index contributed by atoms with van der Waals surface area (Å²) in [6.45, 7) is 21.0. The van der Waals surface area contributed by atoms with Gasteiger partial charge in [-0.15, -0.1) is 0 Å². The summed E-state index contributed by atoms with van der Waals surface area (Å²) in [7, 11) is 3.02. The molecule has 1 unspecified atom stereocenters. The van der Waals surface area contributed by atoms with E-state index in [9.17, 15) is 43.2 Å². The second-order valence-corrected chi connectivity index (χ2v) is 20.1. The number of amides is 8. The Morgan fingerprint density at radius 2 is 1.29 bits per heavy atom. The minimum absolute atomic E-state index is 0.0436. The van der Waals surface area contributed by atoms with Crippen LogP contribution in [0, 0.1) is 5.41 Å². The third kappa shape index (κ3) is 18.1. The number of nitrogens with zero attached hydrogens (tertiary/aromatic N) is 3. The zero-order chi connectivity index (χ0) is 50.4. The van der Waals surface area contributed by atoms with Crippen LogP contribution in [0.1, 0.15) is 114 Å². The summed E-state index contributed by atoms with van der Waals surface area (Å²) in [5.41, 5.74) is -2.52. The van der Waals surface area contributed by atoms with Crippen LogP contribution in [0.4, 0.5) is 4.79 Å². The Morgan fingerprint density at radius 1 is 0.742 bits per heavy atom. The van der Waals surface area contributed by atoms with E-state index in [1.807, 2.05) is 44.2 Å².